The number of hydrogen-bond acceptors (Lipinski definition) is 4. The molecule has 1 fully saturated rings. The maximum Gasteiger partial charge on any atom is 0.0635 e. The Hall–Kier alpha value is -0.970. The number of nitrogens with zero attached hydrogens (tertiary/aromatic N) is 2. The molecule has 1 aromatic heterocycles. The zero-order chi connectivity index (χ0) is 13.7. The normalized spacial score (nSPS) is 20.9. The summed E-state index contributed by atoms with van der Waals surface area (Å²) in [6, 6.07) is 5.08. The van der Waals surface area contributed by atoms with Crippen molar-refractivity contribution in [3.63, 3.8) is 0 Å². The van der Waals surface area contributed by atoms with E-state index in [4.69, 9.17) is 4.74 Å². The lowest BCUT2D eigenvalue weighted by molar-refractivity contribution is -0.0120. The fourth-order valence-electron chi connectivity index (χ4n) is 2.33. The highest BCUT2D eigenvalue weighted by atomic mass is 16.5. The van der Waals surface area contributed by atoms with E-state index in [9.17, 15) is 0 Å². The van der Waals surface area contributed by atoms with E-state index in [0.29, 0.717) is 12.1 Å². The van der Waals surface area contributed by atoms with Gasteiger partial charge >= 0.3 is 0 Å². The van der Waals surface area contributed by atoms with E-state index in [-0.39, 0.29) is 0 Å². The number of ether oxygens (including phenoxy) is 1. The molecule has 1 aromatic rings. The smallest absolute Gasteiger partial charge is 0.0635 e. The summed E-state index contributed by atoms with van der Waals surface area (Å²) in [7, 11) is 0. The number of aryl methyl sites for hydroxylation is 1. The number of aromatic nitrogens is 1. The lowest BCUT2D eigenvalue weighted by Crippen LogP contribution is -2.50. The zero-order valence-corrected chi connectivity index (χ0v) is 12.2. The van der Waals surface area contributed by atoms with Crippen LogP contribution in [-0.2, 0) is 11.3 Å². The quantitative estimate of drug-likeness (QED) is 0.875. The van der Waals surface area contributed by atoms with Crippen LogP contribution in [0.15, 0.2) is 18.3 Å². The van der Waals surface area contributed by atoms with Crippen LogP contribution in [0.3, 0.4) is 0 Å². The third kappa shape index (κ3) is 4.27. The van der Waals surface area contributed by atoms with Crippen LogP contribution >= 0.6 is 0 Å². The monoisotopic (exact) mass is 263 g/mol. The minimum Gasteiger partial charge on any atom is -0.378 e. The van der Waals surface area contributed by atoms with Gasteiger partial charge in [0, 0.05) is 37.9 Å². The highest BCUT2D eigenvalue weighted by Crippen LogP contribution is 2.13. The van der Waals surface area contributed by atoms with Crippen molar-refractivity contribution >= 4 is 0 Å². The molecule has 1 atom stereocenters. The Kier molecular flexibility index (Phi) is 5.31. The molecule has 0 amide bonds. The zero-order valence-electron chi connectivity index (χ0n) is 12.2. The van der Waals surface area contributed by atoms with Gasteiger partial charge in [-0.05, 0) is 18.6 Å². The van der Waals surface area contributed by atoms with Crippen molar-refractivity contribution in [2.24, 2.45) is 0 Å². The summed E-state index contributed by atoms with van der Waals surface area (Å²) in [5, 5.41) is 3.50. The summed E-state index contributed by atoms with van der Waals surface area (Å²) in [5.41, 5.74) is 2.45. The molecule has 19 heavy (non-hydrogen) atoms. The SMILES string of the molecule is Cc1cccnc1CN1CCOCC1CNC(C)C. The second kappa shape index (κ2) is 6.98. The van der Waals surface area contributed by atoms with Crippen LogP contribution in [0.4, 0.5) is 0 Å². The number of hydrogen-bond donors (Lipinski definition) is 1. The molecule has 1 aliphatic rings. The van der Waals surface area contributed by atoms with Gasteiger partial charge in [-0.15, -0.1) is 0 Å². The molecule has 0 aromatic carbocycles. The van der Waals surface area contributed by atoms with Crippen LogP contribution in [0.1, 0.15) is 25.1 Å². The largest absolute Gasteiger partial charge is 0.378 e. The van der Waals surface area contributed by atoms with E-state index in [0.717, 1.165) is 32.8 Å². The lowest BCUT2D eigenvalue weighted by Gasteiger charge is -2.36. The fourth-order valence-corrected chi connectivity index (χ4v) is 2.33. The summed E-state index contributed by atoms with van der Waals surface area (Å²) >= 11 is 0. The third-order valence-electron chi connectivity index (χ3n) is 3.58. The molecule has 106 valence electrons. The molecular weight excluding hydrogens is 238 g/mol. The highest BCUT2D eigenvalue weighted by molar-refractivity contribution is 5.17. The first kappa shape index (κ1) is 14.4. The number of morpholine rings is 1. The minimum atomic E-state index is 0.442. The van der Waals surface area contributed by atoms with Crippen molar-refractivity contribution in [2.45, 2.75) is 39.4 Å². The molecule has 1 unspecified atom stereocenters. The van der Waals surface area contributed by atoms with Crippen molar-refractivity contribution in [1.82, 2.24) is 15.2 Å². The minimum absolute atomic E-state index is 0.442. The summed E-state index contributed by atoms with van der Waals surface area (Å²) < 4.78 is 5.61. The van der Waals surface area contributed by atoms with Gasteiger partial charge in [-0.1, -0.05) is 19.9 Å². The van der Waals surface area contributed by atoms with Crippen molar-refractivity contribution < 1.29 is 4.74 Å². The molecule has 0 aliphatic carbocycles. The van der Waals surface area contributed by atoms with Crippen LogP contribution < -0.4 is 5.32 Å². The molecule has 1 N–H and O–H groups in total. The molecule has 2 heterocycles. The standard InChI is InChI=1S/C15H25N3O/c1-12(2)17-9-14-11-19-8-7-18(14)10-15-13(3)5-4-6-16-15/h4-6,12,14,17H,7-11H2,1-3H3. The predicted molar refractivity (Wildman–Crippen MR) is 77.1 cm³/mol. The Bertz CT molecular complexity index is 395. The molecule has 4 heteroatoms. The van der Waals surface area contributed by atoms with Crippen LogP contribution in [0, 0.1) is 6.92 Å². The Balaban J connectivity index is 1.97. The number of rotatable bonds is 5. The van der Waals surface area contributed by atoms with Gasteiger partial charge in [0.25, 0.3) is 0 Å². The van der Waals surface area contributed by atoms with Gasteiger partial charge in [-0.25, -0.2) is 0 Å². The van der Waals surface area contributed by atoms with E-state index < -0.39 is 0 Å². The van der Waals surface area contributed by atoms with E-state index in [1.807, 2.05) is 12.3 Å². The van der Waals surface area contributed by atoms with Gasteiger partial charge in [0.1, 0.15) is 0 Å². The predicted octanol–water partition coefficient (Wildman–Crippen LogP) is 1.59. The Morgan fingerprint density at radius 1 is 1.53 bits per heavy atom. The average molecular weight is 263 g/mol. The highest BCUT2D eigenvalue weighted by Gasteiger charge is 2.23. The van der Waals surface area contributed by atoms with Gasteiger partial charge in [0.2, 0.25) is 0 Å². The second-order valence-corrected chi connectivity index (χ2v) is 5.53. The van der Waals surface area contributed by atoms with E-state index in [1.165, 1.54) is 11.3 Å². The van der Waals surface area contributed by atoms with Crippen LogP contribution in [0.2, 0.25) is 0 Å². The summed E-state index contributed by atoms with van der Waals surface area (Å²) in [4.78, 5) is 6.98. The molecule has 0 radical (unpaired) electrons. The Morgan fingerprint density at radius 2 is 2.37 bits per heavy atom. The summed E-state index contributed by atoms with van der Waals surface area (Å²) in [6.07, 6.45) is 1.88. The molecule has 2 rings (SSSR count). The molecule has 4 nitrogen and oxygen atoms in total. The number of nitrogens with one attached hydrogen (secondary N) is 1. The van der Waals surface area contributed by atoms with Crippen molar-refractivity contribution in [3.8, 4) is 0 Å². The van der Waals surface area contributed by atoms with Gasteiger partial charge in [0.05, 0.1) is 18.9 Å². The molecule has 1 saturated heterocycles. The molecule has 0 saturated carbocycles. The Morgan fingerprint density at radius 3 is 3.11 bits per heavy atom. The second-order valence-electron chi connectivity index (χ2n) is 5.53. The van der Waals surface area contributed by atoms with E-state index >= 15 is 0 Å². The molecule has 0 bridgehead atoms. The van der Waals surface area contributed by atoms with E-state index in [2.05, 4.69) is 42.0 Å². The van der Waals surface area contributed by atoms with Crippen molar-refractivity contribution in [2.75, 3.05) is 26.3 Å². The maximum atomic E-state index is 5.61. The first-order valence-corrected chi connectivity index (χ1v) is 7.12. The van der Waals surface area contributed by atoms with Gasteiger partial charge in [0.15, 0.2) is 0 Å². The molecular formula is C15H25N3O. The van der Waals surface area contributed by atoms with Crippen LogP contribution in [0.5, 0.6) is 0 Å². The molecule has 1 aliphatic heterocycles. The summed E-state index contributed by atoms with van der Waals surface area (Å²) in [5.74, 6) is 0. The van der Waals surface area contributed by atoms with E-state index in [1.54, 1.807) is 0 Å². The van der Waals surface area contributed by atoms with Gasteiger partial charge in [-0.3, -0.25) is 9.88 Å². The molecule has 0 spiro atoms. The van der Waals surface area contributed by atoms with Gasteiger partial charge < -0.3 is 10.1 Å². The first-order chi connectivity index (χ1) is 9.16. The van der Waals surface area contributed by atoms with Crippen molar-refractivity contribution in [1.29, 1.82) is 0 Å². The summed E-state index contributed by atoms with van der Waals surface area (Å²) in [6.45, 7) is 11.0. The first-order valence-electron chi connectivity index (χ1n) is 7.12. The topological polar surface area (TPSA) is 37.4 Å². The Labute approximate surface area is 116 Å². The van der Waals surface area contributed by atoms with Crippen LogP contribution in [0.25, 0.3) is 0 Å². The third-order valence-corrected chi connectivity index (χ3v) is 3.58. The average Bonchev–Trinajstić information content (AvgIpc) is 2.40. The fraction of sp³-hybridized carbons (Fsp3) is 0.667. The van der Waals surface area contributed by atoms with Crippen LogP contribution in [-0.4, -0.2) is 48.3 Å². The van der Waals surface area contributed by atoms with Gasteiger partial charge in [-0.2, -0.15) is 0 Å². The maximum absolute atomic E-state index is 5.61. The number of pyridine rings is 1. The lowest BCUT2D eigenvalue weighted by atomic mass is 10.1. The van der Waals surface area contributed by atoms with Crippen molar-refractivity contribution in [3.05, 3.63) is 29.6 Å².